The van der Waals surface area contributed by atoms with Crippen molar-refractivity contribution < 1.29 is 9.35 Å². The maximum atomic E-state index is 9.56. The van der Waals surface area contributed by atoms with Crippen molar-refractivity contribution in [2.75, 3.05) is 31.9 Å². The number of carbonyl (C=O) groups is 1. The van der Waals surface area contributed by atoms with Crippen LogP contribution in [0.5, 0.6) is 0 Å². The van der Waals surface area contributed by atoms with Gasteiger partial charge in [0.2, 0.25) is 6.41 Å². The molecule has 0 spiro atoms. The second kappa shape index (κ2) is 25.2. The molecule has 0 saturated carbocycles. The third kappa shape index (κ3) is 296. The van der Waals surface area contributed by atoms with Crippen LogP contribution in [0.25, 0.3) is 0 Å². The van der Waals surface area contributed by atoms with Crippen molar-refractivity contribution in [2.24, 2.45) is 0 Å². The lowest BCUT2D eigenvalue weighted by Gasteiger charge is -1.93. The molecular formula is C7H16Cl5NO2S. The number of carbonyl (C=O) groups excluding carboxylic acids is 1. The molecule has 16 heavy (non-hydrogen) atoms. The fourth-order valence-electron chi connectivity index (χ4n) is 0. The molecule has 0 aromatic carbocycles. The van der Waals surface area contributed by atoms with Crippen molar-refractivity contribution in [2.45, 2.75) is 4.30 Å². The van der Waals surface area contributed by atoms with Gasteiger partial charge in [-0.25, -0.2) is 0 Å². The standard InChI is InChI=1S/C3H7NO.C2H6OS.CHCl3.CH2Cl2/c1-4(2)3-5;1-4(2)3;2-1(3)4;2-1-3/h3H,1-2H3;1-2H3;1H;1H2. The molecule has 0 bridgehead atoms. The summed E-state index contributed by atoms with van der Waals surface area (Å²) in [6, 6.07) is 0. The van der Waals surface area contributed by atoms with E-state index < -0.39 is 15.5 Å². The maximum Gasteiger partial charge on any atom is 0.209 e. The maximum absolute atomic E-state index is 9.56. The normalized spacial score (nSPS) is 7.75. The van der Waals surface area contributed by atoms with Gasteiger partial charge in [-0.2, -0.15) is 0 Å². The van der Waals surface area contributed by atoms with Crippen molar-refractivity contribution in [3.05, 3.63) is 0 Å². The Morgan fingerprint density at radius 2 is 1.31 bits per heavy atom. The first-order valence-electron chi connectivity index (χ1n) is 3.56. The summed E-state index contributed by atoms with van der Waals surface area (Å²) in [5, 5.41) is 0.194. The average molecular weight is 356 g/mol. The lowest BCUT2D eigenvalue weighted by Crippen LogP contribution is -2.06. The number of hydrogen-bond acceptors (Lipinski definition) is 2. The third-order valence-electron chi connectivity index (χ3n) is 0.211. The van der Waals surface area contributed by atoms with Crippen molar-refractivity contribution >= 4 is 75.6 Å². The van der Waals surface area contributed by atoms with Gasteiger partial charge in [0.1, 0.15) is 0 Å². The van der Waals surface area contributed by atoms with E-state index in [9.17, 15) is 9.35 Å². The van der Waals surface area contributed by atoms with Crippen LogP contribution < -0.4 is 0 Å². The first-order chi connectivity index (χ1) is 7.15. The van der Waals surface area contributed by atoms with E-state index in [1.807, 2.05) is 0 Å². The Hall–Kier alpha value is 1.23. The summed E-state index contributed by atoms with van der Waals surface area (Å²) >= 11 is 23.3. The predicted octanol–water partition coefficient (Wildman–Crippen LogP) is 3.11. The van der Waals surface area contributed by atoms with Gasteiger partial charge in [0.15, 0.2) is 4.30 Å². The van der Waals surface area contributed by atoms with Gasteiger partial charge in [0.25, 0.3) is 0 Å². The first-order valence-corrected chi connectivity index (χ1v) is 7.91. The van der Waals surface area contributed by atoms with E-state index in [1.54, 1.807) is 26.6 Å². The van der Waals surface area contributed by atoms with Crippen LogP contribution in [-0.2, 0) is 16.0 Å². The molecule has 0 saturated heterocycles. The minimum Gasteiger partial charge on any atom is -0.617 e. The van der Waals surface area contributed by atoms with Crippen LogP contribution in [0.4, 0.5) is 0 Å². The van der Waals surface area contributed by atoms with Gasteiger partial charge in [-0.1, -0.05) is 46.0 Å². The molecule has 0 aromatic rings. The van der Waals surface area contributed by atoms with E-state index in [1.165, 1.54) is 4.90 Å². The molecule has 0 aliphatic carbocycles. The van der Waals surface area contributed by atoms with E-state index in [4.69, 9.17) is 58.0 Å². The summed E-state index contributed by atoms with van der Waals surface area (Å²) in [6.45, 7) is 0. The summed E-state index contributed by atoms with van der Waals surface area (Å²) in [7, 11) is 3.38. The van der Waals surface area contributed by atoms with Crippen LogP contribution in [0.1, 0.15) is 0 Å². The average Bonchev–Trinajstić information content (AvgIpc) is 2.03. The van der Waals surface area contributed by atoms with Crippen LogP contribution in [0.3, 0.4) is 0 Å². The molecule has 0 N–H and O–H groups in total. The summed E-state index contributed by atoms with van der Waals surface area (Å²) < 4.78 is 8.81. The first kappa shape index (κ1) is 25.9. The number of halogens is 5. The zero-order valence-corrected chi connectivity index (χ0v) is 14.0. The van der Waals surface area contributed by atoms with E-state index in [2.05, 4.69) is 0 Å². The van der Waals surface area contributed by atoms with Crippen molar-refractivity contribution in [1.29, 1.82) is 0 Å². The molecule has 102 valence electrons. The molecule has 0 fully saturated rings. The highest BCUT2D eigenvalue weighted by atomic mass is 35.6. The Bertz CT molecular complexity index is 107. The highest BCUT2D eigenvalue weighted by Crippen LogP contribution is 2.03. The molecule has 1 amide bonds. The Balaban J connectivity index is -0.0000000610. The predicted molar refractivity (Wildman–Crippen MR) is 77.7 cm³/mol. The van der Waals surface area contributed by atoms with Gasteiger partial charge in [-0.05, 0) is 0 Å². The molecule has 3 nitrogen and oxygen atoms in total. The largest absolute Gasteiger partial charge is 0.617 e. The van der Waals surface area contributed by atoms with E-state index >= 15 is 0 Å². The Morgan fingerprint density at radius 3 is 1.31 bits per heavy atom. The lowest BCUT2D eigenvalue weighted by molar-refractivity contribution is -0.115. The van der Waals surface area contributed by atoms with Gasteiger partial charge >= 0.3 is 0 Å². The smallest absolute Gasteiger partial charge is 0.209 e. The molecule has 0 aliphatic rings. The Labute approximate surface area is 125 Å². The van der Waals surface area contributed by atoms with Crippen molar-refractivity contribution in [1.82, 2.24) is 4.90 Å². The minimum absolute atomic E-state index is 0.194. The van der Waals surface area contributed by atoms with E-state index in [0.29, 0.717) is 0 Å². The quantitative estimate of drug-likeness (QED) is 0.412. The molecule has 0 heterocycles. The van der Waals surface area contributed by atoms with Crippen molar-refractivity contribution in [3.63, 3.8) is 0 Å². The summed E-state index contributed by atoms with van der Waals surface area (Å²) in [5.41, 5.74) is 0. The summed E-state index contributed by atoms with van der Waals surface area (Å²) in [5.74, 6) is 0. The molecule has 0 rings (SSSR count). The second-order valence-electron chi connectivity index (χ2n) is 2.16. The third-order valence-corrected chi connectivity index (χ3v) is 0.211. The lowest BCUT2D eigenvalue weighted by atomic mass is 11.0. The molecule has 0 atom stereocenters. The van der Waals surface area contributed by atoms with Crippen LogP contribution >= 0.6 is 58.0 Å². The fraction of sp³-hybridized carbons (Fsp3) is 0.857. The SMILES string of the molecule is CN(C)C=O.C[S+](C)[O-].ClC(Cl)Cl.ClCCl. The Morgan fingerprint density at radius 1 is 1.25 bits per heavy atom. The van der Waals surface area contributed by atoms with Gasteiger partial charge < -0.3 is 9.45 Å². The molecule has 0 aliphatic heterocycles. The van der Waals surface area contributed by atoms with E-state index in [0.717, 1.165) is 6.41 Å². The molecule has 0 unspecified atom stereocenters. The monoisotopic (exact) mass is 353 g/mol. The van der Waals surface area contributed by atoms with Crippen molar-refractivity contribution in [3.8, 4) is 0 Å². The van der Waals surface area contributed by atoms with Gasteiger partial charge in [0.05, 0.1) is 17.9 Å². The molecular weight excluding hydrogens is 339 g/mol. The van der Waals surface area contributed by atoms with Crippen LogP contribution in [0.2, 0.25) is 0 Å². The number of nitrogens with zero attached hydrogens (tertiary/aromatic N) is 1. The Kier molecular flexibility index (Phi) is 40.8. The number of alkyl halides is 5. The molecule has 0 radical (unpaired) electrons. The fourth-order valence-corrected chi connectivity index (χ4v) is 0. The van der Waals surface area contributed by atoms with Gasteiger partial charge in [-0.15, -0.1) is 23.2 Å². The highest BCUT2D eigenvalue weighted by molar-refractivity contribution is 7.89. The second-order valence-corrected chi connectivity index (χ2v) is 6.43. The van der Waals surface area contributed by atoms with Crippen LogP contribution in [0.15, 0.2) is 0 Å². The minimum atomic E-state index is -0.750. The highest BCUT2D eigenvalue weighted by Gasteiger charge is 1.78. The van der Waals surface area contributed by atoms with Crippen LogP contribution in [0, 0.1) is 0 Å². The summed E-state index contributed by atoms with van der Waals surface area (Å²) in [4.78, 5) is 10.9. The number of amides is 1. The molecule has 0 aromatic heterocycles. The zero-order chi connectivity index (χ0) is 14.1. The molecule has 9 heteroatoms. The van der Waals surface area contributed by atoms with Gasteiger partial charge in [-0.3, -0.25) is 4.79 Å². The number of rotatable bonds is 1. The zero-order valence-electron chi connectivity index (χ0n) is 9.42. The van der Waals surface area contributed by atoms with Crippen LogP contribution in [-0.4, -0.2) is 52.1 Å². The summed E-state index contributed by atoms with van der Waals surface area (Å²) in [6.07, 6.45) is 4.03. The number of hydrogen-bond donors (Lipinski definition) is 0. The van der Waals surface area contributed by atoms with E-state index in [-0.39, 0.29) is 5.34 Å². The van der Waals surface area contributed by atoms with Gasteiger partial charge in [0, 0.05) is 14.1 Å². The topological polar surface area (TPSA) is 43.4 Å².